The minimum absolute atomic E-state index is 0.0956. The molecule has 1 saturated heterocycles. The van der Waals surface area contributed by atoms with Crippen molar-refractivity contribution in [3.05, 3.63) is 0 Å². The average Bonchev–Trinajstić information content (AvgIpc) is 2.29. The van der Waals surface area contributed by atoms with Crippen LogP contribution in [0.15, 0.2) is 0 Å². The van der Waals surface area contributed by atoms with Crippen molar-refractivity contribution in [1.82, 2.24) is 4.90 Å². The smallest absolute Gasteiger partial charge is 0.307 e. The maximum atomic E-state index is 10.9. The zero-order valence-electron chi connectivity index (χ0n) is 7.45. The molecule has 1 rings (SSSR count). The zero-order valence-corrected chi connectivity index (χ0v) is 7.45. The van der Waals surface area contributed by atoms with E-state index in [-0.39, 0.29) is 5.97 Å². The summed E-state index contributed by atoms with van der Waals surface area (Å²) in [5.41, 5.74) is 5.52. The molecule has 1 unspecified atom stereocenters. The number of carbonyl (C=O) groups excluding carboxylic acids is 1. The van der Waals surface area contributed by atoms with Crippen molar-refractivity contribution in [2.45, 2.75) is 19.4 Å². The molecule has 0 bridgehead atoms. The Balaban J connectivity index is 2.40. The van der Waals surface area contributed by atoms with Gasteiger partial charge < -0.3 is 10.5 Å². The van der Waals surface area contributed by atoms with Crippen LogP contribution in [-0.2, 0) is 9.53 Å². The first-order valence-electron chi connectivity index (χ1n) is 4.33. The van der Waals surface area contributed by atoms with Gasteiger partial charge in [-0.3, -0.25) is 9.69 Å². The van der Waals surface area contributed by atoms with Crippen LogP contribution in [0.25, 0.3) is 0 Å². The third kappa shape index (κ3) is 2.46. The van der Waals surface area contributed by atoms with Gasteiger partial charge in [0.05, 0.1) is 6.42 Å². The number of carbonyl (C=O) groups is 1. The highest BCUT2D eigenvalue weighted by molar-refractivity contribution is 5.69. The molecule has 1 fully saturated rings. The fourth-order valence-corrected chi connectivity index (χ4v) is 1.29. The van der Waals surface area contributed by atoms with Gasteiger partial charge in [-0.2, -0.15) is 0 Å². The second-order valence-electron chi connectivity index (χ2n) is 3.09. The van der Waals surface area contributed by atoms with Crippen LogP contribution in [0.3, 0.4) is 0 Å². The molecule has 0 aliphatic carbocycles. The van der Waals surface area contributed by atoms with Crippen molar-refractivity contribution in [1.29, 1.82) is 0 Å². The molecule has 2 N–H and O–H groups in total. The van der Waals surface area contributed by atoms with Crippen LogP contribution in [0.2, 0.25) is 0 Å². The van der Waals surface area contributed by atoms with Gasteiger partial charge in [-0.05, 0) is 6.92 Å². The summed E-state index contributed by atoms with van der Waals surface area (Å²) in [6, 6.07) is 0.347. The number of esters is 1. The Morgan fingerprint density at radius 2 is 2.42 bits per heavy atom. The summed E-state index contributed by atoms with van der Waals surface area (Å²) in [6.07, 6.45) is 0.490. The van der Waals surface area contributed by atoms with E-state index < -0.39 is 0 Å². The summed E-state index contributed by atoms with van der Waals surface area (Å²) < 4.78 is 4.91. The van der Waals surface area contributed by atoms with Gasteiger partial charge in [-0.25, -0.2) is 0 Å². The van der Waals surface area contributed by atoms with Gasteiger partial charge in [-0.15, -0.1) is 0 Å². The topological polar surface area (TPSA) is 55.6 Å². The van der Waals surface area contributed by atoms with Crippen molar-refractivity contribution in [2.75, 3.05) is 26.2 Å². The Kier molecular flexibility index (Phi) is 3.49. The van der Waals surface area contributed by atoms with Crippen LogP contribution in [0.5, 0.6) is 0 Å². The lowest BCUT2D eigenvalue weighted by Gasteiger charge is -2.24. The van der Waals surface area contributed by atoms with E-state index in [0.29, 0.717) is 25.6 Å². The van der Waals surface area contributed by atoms with Gasteiger partial charge in [0.15, 0.2) is 0 Å². The molecule has 0 aromatic carbocycles. The number of nitrogens with two attached hydrogens (primary N) is 1. The van der Waals surface area contributed by atoms with E-state index in [2.05, 4.69) is 11.8 Å². The average molecular weight is 172 g/mol. The minimum Gasteiger partial charge on any atom is -0.464 e. The summed E-state index contributed by atoms with van der Waals surface area (Å²) in [5.74, 6) is -0.0956. The highest BCUT2D eigenvalue weighted by atomic mass is 16.5. The van der Waals surface area contributed by atoms with Gasteiger partial charge in [0, 0.05) is 25.7 Å². The van der Waals surface area contributed by atoms with Gasteiger partial charge in [0.25, 0.3) is 0 Å². The Labute approximate surface area is 72.7 Å². The summed E-state index contributed by atoms with van der Waals surface area (Å²) in [7, 11) is 0. The third-order valence-corrected chi connectivity index (χ3v) is 2.21. The molecular formula is C8H16N2O2. The number of hydrogen-bond donors (Lipinski definition) is 1. The maximum Gasteiger partial charge on any atom is 0.307 e. The van der Waals surface area contributed by atoms with Crippen molar-refractivity contribution in [3.8, 4) is 0 Å². The molecule has 70 valence electrons. The Morgan fingerprint density at radius 3 is 3.08 bits per heavy atom. The molecule has 12 heavy (non-hydrogen) atoms. The van der Waals surface area contributed by atoms with E-state index in [9.17, 15) is 4.79 Å². The predicted octanol–water partition coefficient (Wildman–Crippen LogP) is -0.417. The predicted molar refractivity (Wildman–Crippen MR) is 45.7 cm³/mol. The first-order valence-corrected chi connectivity index (χ1v) is 4.33. The quantitative estimate of drug-likeness (QED) is 0.575. The zero-order chi connectivity index (χ0) is 8.97. The van der Waals surface area contributed by atoms with Gasteiger partial charge in [0.1, 0.15) is 6.61 Å². The number of rotatable bonds is 2. The fourth-order valence-electron chi connectivity index (χ4n) is 1.29. The molecule has 1 atom stereocenters. The molecule has 0 amide bonds. The molecular weight excluding hydrogens is 156 g/mol. The van der Waals surface area contributed by atoms with Crippen molar-refractivity contribution in [2.24, 2.45) is 5.73 Å². The lowest BCUT2D eigenvalue weighted by molar-refractivity contribution is -0.142. The van der Waals surface area contributed by atoms with E-state index >= 15 is 0 Å². The highest BCUT2D eigenvalue weighted by Crippen LogP contribution is 2.04. The Hall–Kier alpha value is -0.610. The van der Waals surface area contributed by atoms with Crippen LogP contribution in [0.1, 0.15) is 13.3 Å². The van der Waals surface area contributed by atoms with Crippen LogP contribution in [0, 0.1) is 0 Å². The van der Waals surface area contributed by atoms with Gasteiger partial charge in [0.2, 0.25) is 0 Å². The van der Waals surface area contributed by atoms with E-state index in [1.54, 1.807) is 0 Å². The second kappa shape index (κ2) is 4.42. The van der Waals surface area contributed by atoms with E-state index in [4.69, 9.17) is 10.5 Å². The third-order valence-electron chi connectivity index (χ3n) is 2.21. The minimum atomic E-state index is -0.0956. The van der Waals surface area contributed by atoms with Crippen LogP contribution < -0.4 is 5.73 Å². The molecule has 0 aromatic rings. The number of ether oxygens (including phenoxy) is 1. The first-order chi connectivity index (χ1) is 5.74. The molecule has 4 nitrogen and oxygen atoms in total. The van der Waals surface area contributed by atoms with Gasteiger partial charge in [-0.1, -0.05) is 0 Å². The molecule has 0 spiro atoms. The number of cyclic esters (lactones) is 1. The van der Waals surface area contributed by atoms with Crippen molar-refractivity contribution < 1.29 is 9.53 Å². The van der Waals surface area contributed by atoms with Gasteiger partial charge >= 0.3 is 5.97 Å². The van der Waals surface area contributed by atoms with E-state index in [1.807, 2.05) is 0 Å². The maximum absolute atomic E-state index is 10.9. The molecule has 4 heteroatoms. The number of nitrogens with zero attached hydrogens (tertiary/aromatic N) is 1. The lowest BCUT2D eigenvalue weighted by atomic mass is 10.2. The summed E-state index contributed by atoms with van der Waals surface area (Å²) in [4.78, 5) is 13.0. The first kappa shape index (κ1) is 9.48. The molecule has 0 radical (unpaired) electrons. The van der Waals surface area contributed by atoms with Crippen LogP contribution in [0.4, 0.5) is 0 Å². The Morgan fingerprint density at radius 1 is 1.67 bits per heavy atom. The lowest BCUT2D eigenvalue weighted by Crippen LogP contribution is -2.39. The highest BCUT2D eigenvalue weighted by Gasteiger charge is 2.17. The van der Waals surface area contributed by atoms with Crippen LogP contribution >= 0.6 is 0 Å². The molecule has 1 aliphatic heterocycles. The molecule has 0 aromatic heterocycles. The largest absolute Gasteiger partial charge is 0.464 e. The normalized spacial score (nSPS) is 23.0. The fraction of sp³-hybridized carbons (Fsp3) is 0.875. The number of hydrogen-bond acceptors (Lipinski definition) is 4. The molecule has 1 heterocycles. The van der Waals surface area contributed by atoms with Crippen molar-refractivity contribution in [3.63, 3.8) is 0 Å². The summed E-state index contributed by atoms with van der Waals surface area (Å²) in [6.45, 7) is 4.79. The molecule has 1 aliphatic rings. The van der Waals surface area contributed by atoms with Crippen molar-refractivity contribution >= 4 is 5.97 Å². The second-order valence-corrected chi connectivity index (χ2v) is 3.09. The summed E-state index contributed by atoms with van der Waals surface area (Å²) in [5, 5.41) is 0. The van der Waals surface area contributed by atoms with E-state index in [0.717, 1.165) is 13.1 Å². The van der Waals surface area contributed by atoms with E-state index in [1.165, 1.54) is 0 Å². The molecule has 0 saturated carbocycles. The van der Waals surface area contributed by atoms with Crippen LogP contribution in [-0.4, -0.2) is 43.2 Å². The monoisotopic (exact) mass is 172 g/mol. The summed E-state index contributed by atoms with van der Waals surface area (Å²) >= 11 is 0. The standard InChI is InChI=1S/C8H16N2O2/c1-7(6-9)10-3-2-8(11)12-5-4-10/h7H,2-6,9H2,1H3. The SMILES string of the molecule is CC(CN)N1CCOC(=O)CC1. The Bertz CT molecular complexity index is 161.